The largest absolute Gasteiger partial charge is 0.366 e. The normalized spacial score (nSPS) is 5.07. The summed E-state index contributed by atoms with van der Waals surface area (Å²) in [5, 5.41) is 0. The standard InChI is InChI=1S/C3H5NO.3C3H6/c1-2-3(4)5;3*1-3-2/h2H,1H2,(H2,4,5);3*3H,1H2,2H3. The average molecular weight is 197 g/mol. The van der Waals surface area contributed by atoms with Crippen LogP contribution in [-0.2, 0) is 4.79 Å². The summed E-state index contributed by atoms with van der Waals surface area (Å²) >= 11 is 0. The monoisotopic (exact) mass is 197 g/mol. The Morgan fingerprint density at radius 2 is 1.00 bits per heavy atom. The lowest BCUT2D eigenvalue weighted by molar-refractivity contribution is -0.113. The molecule has 0 rings (SSSR count). The Kier molecular flexibility index (Phi) is 68.8. The third kappa shape index (κ3) is 5020. The molecule has 0 unspecified atom stereocenters. The number of allylic oxidation sites excluding steroid dienone is 3. The van der Waals surface area contributed by atoms with E-state index in [0.29, 0.717) is 0 Å². The molecule has 0 radical (unpaired) electrons. The fourth-order valence-electron chi connectivity index (χ4n) is 0. The molecular formula is C12H23NO. The first-order chi connectivity index (χ1) is 6.51. The van der Waals surface area contributed by atoms with Crippen LogP contribution in [-0.4, -0.2) is 5.91 Å². The van der Waals surface area contributed by atoms with Crippen molar-refractivity contribution in [2.75, 3.05) is 0 Å². The number of hydrogen-bond donors (Lipinski definition) is 1. The van der Waals surface area contributed by atoms with Gasteiger partial charge < -0.3 is 5.73 Å². The molecule has 0 atom stereocenters. The molecule has 0 aliphatic rings. The summed E-state index contributed by atoms with van der Waals surface area (Å²) < 4.78 is 0. The fourth-order valence-corrected chi connectivity index (χ4v) is 0. The number of nitrogens with two attached hydrogens (primary N) is 1. The van der Waals surface area contributed by atoms with Crippen LogP contribution in [0.15, 0.2) is 50.6 Å². The summed E-state index contributed by atoms with van der Waals surface area (Å²) in [6, 6.07) is 0. The van der Waals surface area contributed by atoms with E-state index in [1.807, 2.05) is 20.8 Å². The third-order valence-corrected chi connectivity index (χ3v) is 0.201. The molecule has 0 aromatic rings. The molecule has 0 spiro atoms. The van der Waals surface area contributed by atoms with Crippen molar-refractivity contribution in [2.24, 2.45) is 5.73 Å². The second kappa shape index (κ2) is 42.2. The third-order valence-electron chi connectivity index (χ3n) is 0.201. The summed E-state index contributed by atoms with van der Waals surface area (Å²) in [6.45, 7) is 18.8. The molecule has 0 heterocycles. The summed E-state index contributed by atoms with van der Waals surface area (Å²) in [5.41, 5.74) is 4.53. The average Bonchev–Trinajstić information content (AvgIpc) is 2.08. The van der Waals surface area contributed by atoms with E-state index in [9.17, 15) is 4.79 Å². The van der Waals surface area contributed by atoms with Crippen molar-refractivity contribution < 1.29 is 4.79 Å². The van der Waals surface area contributed by atoms with Gasteiger partial charge in [-0.1, -0.05) is 24.8 Å². The summed E-state index contributed by atoms with van der Waals surface area (Å²) in [6.07, 6.45) is 6.31. The van der Waals surface area contributed by atoms with Gasteiger partial charge in [0.15, 0.2) is 0 Å². The quantitative estimate of drug-likeness (QED) is 0.509. The fraction of sp³-hybridized carbons (Fsp3) is 0.250. The molecule has 2 heteroatoms. The van der Waals surface area contributed by atoms with Crippen molar-refractivity contribution >= 4 is 5.91 Å². The van der Waals surface area contributed by atoms with Gasteiger partial charge in [-0.05, 0) is 26.8 Å². The van der Waals surface area contributed by atoms with Crippen LogP contribution in [0.3, 0.4) is 0 Å². The van der Waals surface area contributed by atoms with Crippen LogP contribution in [0, 0.1) is 0 Å². The van der Waals surface area contributed by atoms with Crippen LogP contribution in [0.1, 0.15) is 20.8 Å². The van der Waals surface area contributed by atoms with E-state index in [1.54, 1.807) is 18.2 Å². The minimum Gasteiger partial charge on any atom is -0.366 e. The minimum absolute atomic E-state index is 0.481. The van der Waals surface area contributed by atoms with Crippen molar-refractivity contribution in [3.05, 3.63) is 50.6 Å². The summed E-state index contributed by atoms with van der Waals surface area (Å²) in [4.78, 5) is 9.47. The number of carbonyl (C=O) groups excluding carboxylic acids is 1. The van der Waals surface area contributed by atoms with Gasteiger partial charge in [0.2, 0.25) is 5.91 Å². The molecule has 0 fully saturated rings. The highest BCUT2D eigenvalue weighted by Crippen LogP contribution is 1.48. The maximum absolute atomic E-state index is 9.47. The molecule has 14 heavy (non-hydrogen) atoms. The Morgan fingerprint density at radius 1 is 0.929 bits per heavy atom. The van der Waals surface area contributed by atoms with Gasteiger partial charge in [-0.2, -0.15) is 0 Å². The predicted octanol–water partition coefficient (Wildman–Crippen LogP) is 3.23. The van der Waals surface area contributed by atoms with Crippen LogP contribution >= 0.6 is 0 Å². The van der Waals surface area contributed by atoms with E-state index in [4.69, 9.17) is 0 Å². The Bertz CT molecular complexity index is 134. The Balaban J connectivity index is -0.0000000495. The SMILES string of the molecule is C=CC.C=CC.C=CC.C=CC(N)=O. The molecule has 82 valence electrons. The van der Waals surface area contributed by atoms with E-state index in [-0.39, 0.29) is 0 Å². The highest BCUT2D eigenvalue weighted by molar-refractivity contribution is 5.84. The Morgan fingerprint density at radius 3 is 1.00 bits per heavy atom. The zero-order chi connectivity index (χ0) is 12.4. The van der Waals surface area contributed by atoms with Gasteiger partial charge in [-0.15, -0.1) is 19.7 Å². The molecule has 0 saturated carbocycles. The van der Waals surface area contributed by atoms with E-state index in [0.717, 1.165) is 6.08 Å². The van der Waals surface area contributed by atoms with Crippen LogP contribution in [0.4, 0.5) is 0 Å². The summed E-state index contributed by atoms with van der Waals surface area (Å²) in [7, 11) is 0. The maximum atomic E-state index is 9.47. The van der Waals surface area contributed by atoms with Gasteiger partial charge in [0.25, 0.3) is 0 Å². The Hall–Kier alpha value is -1.57. The second-order valence-electron chi connectivity index (χ2n) is 1.83. The second-order valence-corrected chi connectivity index (χ2v) is 1.83. The van der Waals surface area contributed by atoms with Crippen LogP contribution in [0.25, 0.3) is 0 Å². The molecule has 0 saturated heterocycles. The van der Waals surface area contributed by atoms with Gasteiger partial charge in [0.1, 0.15) is 0 Å². The molecule has 0 aliphatic heterocycles. The lowest BCUT2D eigenvalue weighted by atomic mass is 10.6. The maximum Gasteiger partial charge on any atom is 0.240 e. The minimum atomic E-state index is -0.481. The van der Waals surface area contributed by atoms with Crippen molar-refractivity contribution in [1.82, 2.24) is 0 Å². The van der Waals surface area contributed by atoms with E-state index in [1.165, 1.54) is 0 Å². The number of rotatable bonds is 1. The predicted molar refractivity (Wildman–Crippen MR) is 67.0 cm³/mol. The molecule has 0 bridgehead atoms. The molecule has 1 amide bonds. The number of amides is 1. The number of carbonyl (C=O) groups is 1. The zero-order valence-corrected chi connectivity index (χ0v) is 9.62. The molecule has 0 aromatic heterocycles. The highest BCUT2D eigenvalue weighted by atomic mass is 16.1. The van der Waals surface area contributed by atoms with Gasteiger partial charge in [-0.3, -0.25) is 4.79 Å². The first-order valence-corrected chi connectivity index (χ1v) is 4.15. The van der Waals surface area contributed by atoms with Gasteiger partial charge in [0.05, 0.1) is 0 Å². The first-order valence-electron chi connectivity index (χ1n) is 4.15. The zero-order valence-electron chi connectivity index (χ0n) is 9.62. The lowest BCUT2D eigenvalue weighted by Gasteiger charge is -1.65. The van der Waals surface area contributed by atoms with Crippen molar-refractivity contribution in [3.63, 3.8) is 0 Å². The van der Waals surface area contributed by atoms with Crippen molar-refractivity contribution in [3.8, 4) is 0 Å². The van der Waals surface area contributed by atoms with Crippen molar-refractivity contribution in [2.45, 2.75) is 20.8 Å². The van der Waals surface area contributed by atoms with Gasteiger partial charge in [-0.25, -0.2) is 0 Å². The summed E-state index contributed by atoms with van der Waals surface area (Å²) in [5.74, 6) is -0.481. The smallest absolute Gasteiger partial charge is 0.240 e. The van der Waals surface area contributed by atoms with Crippen LogP contribution in [0.2, 0.25) is 0 Å². The van der Waals surface area contributed by atoms with E-state index >= 15 is 0 Å². The van der Waals surface area contributed by atoms with Crippen LogP contribution in [0.5, 0.6) is 0 Å². The molecule has 0 aromatic carbocycles. The van der Waals surface area contributed by atoms with Crippen molar-refractivity contribution in [1.29, 1.82) is 0 Å². The topological polar surface area (TPSA) is 43.1 Å². The molecular weight excluding hydrogens is 174 g/mol. The number of primary amides is 1. The Labute approximate surface area is 88.5 Å². The molecule has 2 N–H and O–H groups in total. The first kappa shape index (κ1) is 22.9. The van der Waals surface area contributed by atoms with Gasteiger partial charge >= 0.3 is 0 Å². The lowest BCUT2D eigenvalue weighted by Crippen LogP contribution is -2.04. The molecule has 0 aliphatic carbocycles. The number of hydrogen-bond acceptors (Lipinski definition) is 1. The highest BCUT2D eigenvalue weighted by Gasteiger charge is 1.69. The van der Waals surface area contributed by atoms with Gasteiger partial charge in [0, 0.05) is 0 Å². The van der Waals surface area contributed by atoms with Crippen LogP contribution < -0.4 is 5.73 Å². The van der Waals surface area contributed by atoms with E-state index < -0.39 is 5.91 Å². The molecule has 2 nitrogen and oxygen atoms in total. The van der Waals surface area contributed by atoms with E-state index in [2.05, 4.69) is 32.0 Å².